The second-order valence-electron chi connectivity index (χ2n) is 8.05. The molecule has 1 heterocycles. The smallest absolute Gasteiger partial charge is 0.317 e. The number of benzene rings is 1. The molecule has 1 saturated carbocycles. The van der Waals surface area contributed by atoms with Crippen molar-refractivity contribution in [3.63, 3.8) is 0 Å². The average molecular weight is 419 g/mol. The Hall–Kier alpha value is -2.48. The van der Waals surface area contributed by atoms with Crippen LogP contribution in [0.5, 0.6) is 11.5 Å². The highest BCUT2D eigenvalue weighted by Crippen LogP contribution is 2.27. The number of urea groups is 1. The van der Waals surface area contributed by atoms with Crippen LogP contribution in [0.2, 0.25) is 0 Å². The molecule has 0 aromatic heterocycles. The van der Waals surface area contributed by atoms with E-state index in [1.165, 1.54) is 19.3 Å². The second kappa shape index (κ2) is 11.1. The Kier molecular flexibility index (Phi) is 8.19. The normalized spacial score (nSPS) is 19.8. The molecule has 1 saturated heterocycles. The molecule has 1 aromatic carbocycles. The molecule has 1 aliphatic heterocycles. The number of ether oxygens (including phenoxy) is 2. The molecule has 3 rings (SSSR count). The van der Waals surface area contributed by atoms with Crippen molar-refractivity contribution in [2.45, 2.75) is 57.2 Å². The molecule has 166 valence electrons. The van der Waals surface area contributed by atoms with Crippen LogP contribution in [0.1, 0.15) is 44.1 Å². The van der Waals surface area contributed by atoms with Crippen molar-refractivity contribution >= 4 is 11.9 Å². The van der Waals surface area contributed by atoms with Crippen LogP contribution in [0.25, 0.3) is 0 Å². The lowest BCUT2D eigenvalue weighted by Gasteiger charge is -2.35. The van der Waals surface area contributed by atoms with Crippen LogP contribution >= 0.6 is 0 Å². The van der Waals surface area contributed by atoms with Gasteiger partial charge in [0, 0.05) is 44.7 Å². The Balaban J connectivity index is 1.44. The minimum Gasteiger partial charge on any atom is -0.493 e. The van der Waals surface area contributed by atoms with Gasteiger partial charge in [-0.25, -0.2) is 4.79 Å². The molecule has 1 atom stereocenters. The predicted molar refractivity (Wildman–Crippen MR) is 115 cm³/mol. The molecule has 2 fully saturated rings. The maximum absolute atomic E-state index is 12.6. The van der Waals surface area contributed by atoms with Crippen LogP contribution in [-0.4, -0.2) is 62.8 Å². The van der Waals surface area contributed by atoms with Gasteiger partial charge in [-0.3, -0.25) is 4.79 Å². The fraction of sp³-hybridized carbons (Fsp3) is 0.636. The number of nitrogens with zero attached hydrogens (tertiary/aromatic N) is 1. The first-order valence-electron chi connectivity index (χ1n) is 10.9. The lowest BCUT2D eigenvalue weighted by molar-refractivity contribution is -0.121. The fourth-order valence-electron chi connectivity index (χ4n) is 4.15. The van der Waals surface area contributed by atoms with Crippen molar-refractivity contribution in [1.82, 2.24) is 20.9 Å². The van der Waals surface area contributed by atoms with Gasteiger partial charge in [-0.05, 0) is 30.5 Å². The first kappa shape index (κ1) is 22.2. The van der Waals surface area contributed by atoms with Crippen LogP contribution in [0.3, 0.4) is 0 Å². The minimum atomic E-state index is -0.0446. The third-order valence-electron chi connectivity index (χ3n) is 5.84. The molecule has 2 aliphatic rings. The van der Waals surface area contributed by atoms with E-state index in [-0.39, 0.29) is 18.0 Å². The van der Waals surface area contributed by atoms with E-state index in [4.69, 9.17) is 9.47 Å². The lowest BCUT2D eigenvalue weighted by Crippen LogP contribution is -2.57. The number of rotatable bonds is 7. The van der Waals surface area contributed by atoms with Crippen LogP contribution in [0.4, 0.5) is 4.79 Å². The summed E-state index contributed by atoms with van der Waals surface area (Å²) in [5.41, 5.74) is 0.936. The minimum absolute atomic E-state index is 0.000800. The highest BCUT2D eigenvalue weighted by Gasteiger charge is 2.26. The highest BCUT2D eigenvalue weighted by molar-refractivity contribution is 5.77. The molecule has 8 heteroatoms. The van der Waals surface area contributed by atoms with Gasteiger partial charge in [0.05, 0.1) is 14.2 Å². The number of methoxy groups -OCH3 is 2. The van der Waals surface area contributed by atoms with Crippen molar-refractivity contribution in [3.05, 3.63) is 23.8 Å². The van der Waals surface area contributed by atoms with Crippen molar-refractivity contribution in [3.8, 4) is 11.5 Å². The van der Waals surface area contributed by atoms with Crippen LogP contribution in [0, 0.1) is 0 Å². The molecular weight excluding hydrogens is 384 g/mol. The number of hydrogen-bond acceptors (Lipinski definition) is 5. The molecule has 0 spiro atoms. The predicted octanol–water partition coefficient (Wildman–Crippen LogP) is 2.03. The molecule has 1 aliphatic carbocycles. The average Bonchev–Trinajstić information content (AvgIpc) is 2.78. The van der Waals surface area contributed by atoms with E-state index >= 15 is 0 Å². The number of hydrogen-bond donors (Lipinski definition) is 3. The Morgan fingerprint density at radius 2 is 1.90 bits per heavy atom. The third kappa shape index (κ3) is 6.26. The summed E-state index contributed by atoms with van der Waals surface area (Å²) in [5.74, 6) is 1.25. The summed E-state index contributed by atoms with van der Waals surface area (Å²) in [6.45, 7) is 2.33. The van der Waals surface area contributed by atoms with E-state index in [2.05, 4.69) is 16.0 Å². The van der Waals surface area contributed by atoms with Gasteiger partial charge in [0.2, 0.25) is 5.91 Å². The number of nitrogens with one attached hydrogen (secondary N) is 3. The van der Waals surface area contributed by atoms with Crippen molar-refractivity contribution < 1.29 is 19.1 Å². The Bertz CT molecular complexity index is 721. The summed E-state index contributed by atoms with van der Waals surface area (Å²) in [5, 5.41) is 9.47. The van der Waals surface area contributed by atoms with Gasteiger partial charge in [0.15, 0.2) is 11.5 Å². The maximum atomic E-state index is 12.6. The fourth-order valence-corrected chi connectivity index (χ4v) is 4.15. The zero-order valence-electron chi connectivity index (χ0n) is 18.0. The lowest BCUT2D eigenvalue weighted by atomic mass is 9.96. The number of amides is 3. The highest BCUT2D eigenvalue weighted by atomic mass is 16.5. The van der Waals surface area contributed by atoms with E-state index in [1.54, 1.807) is 14.2 Å². The molecule has 8 nitrogen and oxygen atoms in total. The van der Waals surface area contributed by atoms with Crippen LogP contribution in [0.15, 0.2) is 18.2 Å². The summed E-state index contributed by atoms with van der Waals surface area (Å²) in [6, 6.07) is 5.84. The largest absolute Gasteiger partial charge is 0.493 e. The van der Waals surface area contributed by atoms with Gasteiger partial charge in [0.25, 0.3) is 0 Å². The van der Waals surface area contributed by atoms with Crippen molar-refractivity contribution in [2.75, 3.05) is 33.9 Å². The van der Waals surface area contributed by atoms with E-state index in [0.717, 1.165) is 18.4 Å². The molecule has 0 bridgehead atoms. The summed E-state index contributed by atoms with van der Waals surface area (Å²) in [6.07, 6.45) is 6.12. The quantitative estimate of drug-likeness (QED) is 0.630. The van der Waals surface area contributed by atoms with Crippen molar-refractivity contribution in [2.24, 2.45) is 0 Å². The molecular formula is C22H34N4O4. The van der Waals surface area contributed by atoms with Gasteiger partial charge in [0.1, 0.15) is 0 Å². The Morgan fingerprint density at radius 1 is 1.13 bits per heavy atom. The molecule has 1 unspecified atom stereocenters. The van der Waals surface area contributed by atoms with Crippen LogP contribution < -0.4 is 25.4 Å². The zero-order valence-corrected chi connectivity index (χ0v) is 18.0. The molecule has 3 amide bonds. The topological polar surface area (TPSA) is 91.9 Å². The second-order valence-corrected chi connectivity index (χ2v) is 8.05. The van der Waals surface area contributed by atoms with Gasteiger partial charge in [-0.15, -0.1) is 0 Å². The van der Waals surface area contributed by atoms with Crippen LogP contribution in [-0.2, 0) is 11.3 Å². The summed E-state index contributed by atoms with van der Waals surface area (Å²) < 4.78 is 10.5. The zero-order chi connectivity index (χ0) is 21.3. The monoisotopic (exact) mass is 418 g/mol. The Labute approximate surface area is 178 Å². The number of carbonyl (C=O) groups excluding carboxylic acids is 2. The van der Waals surface area contributed by atoms with Gasteiger partial charge >= 0.3 is 6.03 Å². The number of carbonyl (C=O) groups is 2. The van der Waals surface area contributed by atoms with Crippen molar-refractivity contribution in [1.29, 1.82) is 0 Å². The summed E-state index contributed by atoms with van der Waals surface area (Å²) in [4.78, 5) is 26.8. The standard InChI is InChI=1S/C22H34N4O4/c1-29-19-9-8-16(12-20(19)30-2)14-24-21(27)13-18-15-26(11-10-23-18)22(28)25-17-6-4-3-5-7-17/h8-9,12,17-18,23H,3-7,10-11,13-15H2,1-2H3,(H,24,27)(H,25,28). The van der Waals surface area contributed by atoms with Gasteiger partial charge < -0.3 is 30.3 Å². The molecule has 0 radical (unpaired) electrons. The maximum Gasteiger partial charge on any atom is 0.317 e. The van der Waals surface area contributed by atoms with E-state index in [9.17, 15) is 9.59 Å². The molecule has 3 N–H and O–H groups in total. The summed E-state index contributed by atoms with van der Waals surface area (Å²) >= 11 is 0. The molecule has 1 aromatic rings. The first-order valence-corrected chi connectivity index (χ1v) is 10.9. The van der Waals surface area contributed by atoms with E-state index < -0.39 is 0 Å². The Morgan fingerprint density at radius 3 is 2.63 bits per heavy atom. The van der Waals surface area contributed by atoms with Gasteiger partial charge in [-0.1, -0.05) is 25.3 Å². The first-order chi connectivity index (χ1) is 14.6. The van der Waals surface area contributed by atoms with Gasteiger partial charge in [-0.2, -0.15) is 0 Å². The number of piperazine rings is 1. The summed E-state index contributed by atoms with van der Waals surface area (Å²) in [7, 11) is 3.18. The third-order valence-corrected chi connectivity index (χ3v) is 5.84. The SMILES string of the molecule is COc1ccc(CNC(=O)CC2CN(C(=O)NC3CCCCC3)CCN2)cc1OC. The van der Waals surface area contributed by atoms with E-state index in [0.29, 0.717) is 50.1 Å². The molecule has 30 heavy (non-hydrogen) atoms. The van der Waals surface area contributed by atoms with E-state index in [1.807, 2.05) is 23.1 Å².